The first-order valence-electron chi connectivity index (χ1n) is 4.68. The maximum absolute atomic E-state index is 10.6. The second kappa shape index (κ2) is 6.22. The van der Waals surface area contributed by atoms with Crippen LogP contribution in [0.25, 0.3) is 0 Å². The summed E-state index contributed by atoms with van der Waals surface area (Å²) >= 11 is 1.65. The van der Waals surface area contributed by atoms with E-state index in [-0.39, 0.29) is 5.75 Å². The Morgan fingerprint density at radius 3 is 2.80 bits per heavy atom. The molecule has 0 saturated heterocycles. The fraction of sp³-hybridized carbons (Fsp3) is 0.556. The van der Waals surface area contributed by atoms with Crippen LogP contribution in [0.4, 0.5) is 0 Å². The van der Waals surface area contributed by atoms with Crippen LogP contribution in [0.1, 0.15) is 17.7 Å². The van der Waals surface area contributed by atoms with Gasteiger partial charge in [-0.2, -0.15) is 0 Å². The maximum Gasteiger partial charge on any atom is 0.209 e. The molecule has 0 aliphatic heterocycles. The van der Waals surface area contributed by atoms with E-state index in [9.17, 15) is 8.42 Å². The molecule has 0 aliphatic rings. The summed E-state index contributed by atoms with van der Waals surface area (Å²) in [5, 5.41) is 6.86. The number of rotatable bonds is 7. The zero-order chi connectivity index (χ0) is 11.1. The molecule has 0 spiro atoms. The largest absolute Gasteiger partial charge is 0.376 e. The van der Waals surface area contributed by atoms with Crippen molar-refractivity contribution in [3.8, 4) is 0 Å². The Bertz CT molecular complexity index is 359. The highest BCUT2D eigenvalue weighted by molar-refractivity contribution is 7.89. The monoisotopic (exact) mass is 249 g/mol. The summed E-state index contributed by atoms with van der Waals surface area (Å²) < 4.78 is 26.5. The minimum absolute atomic E-state index is 0.0371. The molecular weight excluding hydrogens is 234 g/mol. The van der Waals surface area contributed by atoms with Crippen LogP contribution < -0.4 is 5.14 Å². The molecule has 1 rings (SSSR count). The number of unbranched alkanes of at least 4 members (excludes halogenated alkanes) is 1. The van der Waals surface area contributed by atoms with E-state index in [2.05, 4.69) is 0 Å². The first kappa shape index (κ1) is 12.6. The van der Waals surface area contributed by atoms with Crippen LogP contribution >= 0.6 is 11.3 Å². The zero-order valence-corrected chi connectivity index (χ0v) is 10.0. The SMILES string of the molecule is NS(=O)(=O)CCCCOCc1cccs1. The van der Waals surface area contributed by atoms with Crippen molar-refractivity contribution in [3.63, 3.8) is 0 Å². The number of hydrogen-bond donors (Lipinski definition) is 1. The number of nitrogens with two attached hydrogens (primary N) is 1. The van der Waals surface area contributed by atoms with Crippen LogP contribution in [-0.2, 0) is 21.4 Å². The van der Waals surface area contributed by atoms with Gasteiger partial charge >= 0.3 is 0 Å². The molecule has 86 valence electrons. The van der Waals surface area contributed by atoms with Crippen molar-refractivity contribution >= 4 is 21.4 Å². The van der Waals surface area contributed by atoms with Gasteiger partial charge in [0.25, 0.3) is 0 Å². The van der Waals surface area contributed by atoms with Crippen LogP contribution in [0.15, 0.2) is 17.5 Å². The molecule has 15 heavy (non-hydrogen) atoms. The molecule has 2 N–H and O–H groups in total. The number of sulfonamides is 1. The van der Waals surface area contributed by atoms with Gasteiger partial charge in [-0.25, -0.2) is 13.6 Å². The number of thiophene rings is 1. The molecule has 0 aromatic carbocycles. The van der Waals surface area contributed by atoms with Crippen LogP contribution in [0, 0.1) is 0 Å². The van der Waals surface area contributed by atoms with E-state index in [0.29, 0.717) is 19.6 Å². The molecule has 1 aromatic rings. The molecule has 0 bridgehead atoms. The zero-order valence-electron chi connectivity index (χ0n) is 8.39. The number of hydrogen-bond acceptors (Lipinski definition) is 4. The maximum atomic E-state index is 10.6. The van der Waals surface area contributed by atoms with Crippen LogP contribution in [0.3, 0.4) is 0 Å². The molecular formula is C9H15NO3S2. The fourth-order valence-electron chi connectivity index (χ4n) is 1.07. The minimum Gasteiger partial charge on any atom is -0.376 e. The quantitative estimate of drug-likeness (QED) is 0.741. The van der Waals surface area contributed by atoms with Gasteiger partial charge in [0, 0.05) is 11.5 Å². The van der Waals surface area contributed by atoms with E-state index in [0.717, 1.165) is 6.42 Å². The van der Waals surface area contributed by atoms with E-state index in [1.807, 2.05) is 17.5 Å². The Balaban J connectivity index is 1.99. The first-order valence-corrected chi connectivity index (χ1v) is 7.28. The minimum atomic E-state index is -3.31. The molecule has 0 amide bonds. The second-order valence-electron chi connectivity index (χ2n) is 3.21. The van der Waals surface area contributed by atoms with Gasteiger partial charge in [-0.1, -0.05) is 6.07 Å². The average Bonchev–Trinajstić information content (AvgIpc) is 2.61. The third-order valence-corrected chi connectivity index (χ3v) is 3.50. The summed E-state index contributed by atoms with van der Waals surface area (Å²) in [5.41, 5.74) is 0. The Labute approximate surface area is 94.1 Å². The number of ether oxygens (including phenoxy) is 1. The summed E-state index contributed by atoms with van der Waals surface area (Å²) in [6.45, 7) is 1.18. The van der Waals surface area contributed by atoms with Gasteiger partial charge < -0.3 is 4.74 Å². The number of primary sulfonamides is 1. The molecule has 1 heterocycles. The normalized spacial score (nSPS) is 11.8. The average molecular weight is 249 g/mol. The Kier molecular flexibility index (Phi) is 5.24. The molecule has 0 saturated carbocycles. The van der Waals surface area contributed by atoms with Crippen LogP contribution in [0.5, 0.6) is 0 Å². The smallest absolute Gasteiger partial charge is 0.209 e. The lowest BCUT2D eigenvalue weighted by Crippen LogP contribution is -2.16. The Hall–Kier alpha value is -0.430. The highest BCUT2D eigenvalue weighted by Crippen LogP contribution is 2.09. The van der Waals surface area contributed by atoms with Gasteiger partial charge in [-0.3, -0.25) is 0 Å². The second-order valence-corrected chi connectivity index (χ2v) is 5.97. The topological polar surface area (TPSA) is 69.4 Å². The van der Waals surface area contributed by atoms with Gasteiger partial charge in [0.1, 0.15) is 0 Å². The molecule has 0 unspecified atom stereocenters. The highest BCUT2D eigenvalue weighted by atomic mass is 32.2. The molecule has 0 aliphatic carbocycles. The van der Waals surface area contributed by atoms with E-state index in [4.69, 9.17) is 9.88 Å². The van der Waals surface area contributed by atoms with E-state index >= 15 is 0 Å². The highest BCUT2D eigenvalue weighted by Gasteiger charge is 2.01. The van der Waals surface area contributed by atoms with E-state index in [1.165, 1.54) is 4.88 Å². The summed E-state index contributed by atoms with van der Waals surface area (Å²) in [4.78, 5) is 1.18. The molecule has 6 heteroatoms. The van der Waals surface area contributed by atoms with E-state index in [1.54, 1.807) is 11.3 Å². The lowest BCUT2D eigenvalue weighted by molar-refractivity contribution is 0.120. The molecule has 4 nitrogen and oxygen atoms in total. The summed E-state index contributed by atoms with van der Waals surface area (Å²) in [5.74, 6) is 0.0371. The summed E-state index contributed by atoms with van der Waals surface area (Å²) in [7, 11) is -3.31. The standard InChI is InChI=1S/C9H15NO3S2/c10-15(11,12)7-2-1-5-13-8-9-4-3-6-14-9/h3-4,6H,1-2,5,7-8H2,(H2,10,11,12). The van der Waals surface area contributed by atoms with Crippen molar-refractivity contribution in [2.45, 2.75) is 19.4 Å². The predicted molar refractivity (Wildman–Crippen MR) is 61.2 cm³/mol. The van der Waals surface area contributed by atoms with Gasteiger partial charge in [0.15, 0.2) is 0 Å². The van der Waals surface area contributed by atoms with Crippen molar-refractivity contribution in [1.82, 2.24) is 0 Å². The van der Waals surface area contributed by atoms with Crippen molar-refractivity contribution in [2.75, 3.05) is 12.4 Å². The Morgan fingerprint density at radius 2 is 2.20 bits per heavy atom. The third kappa shape index (κ3) is 6.62. The van der Waals surface area contributed by atoms with Crippen LogP contribution in [-0.4, -0.2) is 20.8 Å². The van der Waals surface area contributed by atoms with Gasteiger partial charge in [0.2, 0.25) is 10.0 Å². The van der Waals surface area contributed by atoms with Gasteiger partial charge in [-0.05, 0) is 24.3 Å². The summed E-state index contributed by atoms with van der Waals surface area (Å²) in [6.07, 6.45) is 1.28. The fourth-order valence-corrected chi connectivity index (χ4v) is 2.32. The van der Waals surface area contributed by atoms with Gasteiger partial charge in [0.05, 0.1) is 12.4 Å². The third-order valence-electron chi connectivity index (χ3n) is 1.79. The van der Waals surface area contributed by atoms with Crippen molar-refractivity contribution in [1.29, 1.82) is 0 Å². The lowest BCUT2D eigenvalue weighted by Gasteiger charge is -2.01. The van der Waals surface area contributed by atoms with E-state index < -0.39 is 10.0 Å². The van der Waals surface area contributed by atoms with Crippen molar-refractivity contribution in [2.24, 2.45) is 5.14 Å². The molecule has 1 aromatic heterocycles. The predicted octanol–water partition coefficient (Wildman–Crippen LogP) is 1.33. The summed E-state index contributed by atoms with van der Waals surface area (Å²) in [6, 6.07) is 3.99. The molecule has 0 radical (unpaired) electrons. The lowest BCUT2D eigenvalue weighted by atomic mass is 10.4. The molecule has 0 atom stereocenters. The Morgan fingerprint density at radius 1 is 1.40 bits per heavy atom. The first-order chi connectivity index (χ1) is 7.08. The van der Waals surface area contributed by atoms with Crippen molar-refractivity contribution in [3.05, 3.63) is 22.4 Å². The van der Waals surface area contributed by atoms with Crippen molar-refractivity contribution < 1.29 is 13.2 Å². The van der Waals surface area contributed by atoms with Gasteiger partial charge in [-0.15, -0.1) is 11.3 Å². The molecule has 0 fully saturated rings. The van der Waals surface area contributed by atoms with Crippen LogP contribution in [0.2, 0.25) is 0 Å².